The third kappa shape index (κ3) is 2.57. The molecule has 2 heterocycles. The Bertz CT molecular complexity index is 469. The number of hydrogen-bond donors (Lipinski definition) is 0. The molecule has 1 aliphatic heterocycles. The Hall–Kier alpha value is -0.350. The quantitative estimate of drug-likeness (QED) is 0.740. The van der Waals surface area contributed by atoms with Crippen LogP contribution in [-0.4, -0.2) is 27.8 Å². The molecule has 2 aliphatic rings. The zero-order valence-electron chi connectivity index (χ0n) is 12.6. The first kappa shape index (κ1) is 14.6. The van der Waals surface area contributed by atoms with Gasteiger partial charge < -0.3 is 4.74 Å². The molecule has 0 spiro atoms. The summed E-state index contributed by atoms with van der Waals surface area (Å²) in [6, 6.07) is 2.30. The highest BCUT2D eigenvalue weighted by Gasteiger charge is 2.50. The van der Waals surface area contributed by atoms with Crippen LogP contribution in [0.1, 0.15) is 44.5 Å². The zero-order chi connectivity index (χ0) is 14.2. The highest BCUT2D eigenvalue weighted by atomic mass is 79.9. The summed E-state index contributed by atoms with van der Waals surface area (Å²) in [4.78, 5) is 0. The van der Waals surface area contributed by atoms with E-state index in [1.807, 2.05) is 0 Å². The van der Waals surface area contributed by atoms with Crippen molar-refractivity contribution >= 4 is 15.9 Å². The maximum atomic E-state index is 6.10. The van der Waals surface area contributed by atoms with Crippen molar-refractivity contribution in [2.75, 3.05) is 11.9 Å². The van der Waals surface area contributed by atoms with Gasteiger partial charge in [-0.1, -0.05) is 22.9 Å². The largest absolute Gasteiger partial charge is 0.377 e. The van der Waals surface area contributed by atoms with Crippen molar-refractivity contribution in [3.05, 3.63) is 17.5 Å². The molecular formula is C16H25BrN2O. The minimum Gasteiger partial charge on any atom is -0.377 e. The second-order valence-corrected chi connectivity index (χ2v) is 6.91. The lowest BCUT2D eigenvalue weighted by molar-refractivity contribution is 0.0405. The topological polar surface area (TPSA) is 27.1 Å². The molecule has 2 fully saturated rings. The van der Waals surface area contributed by atoms with E-state index in [1.165, 1.54) is 30.7 Å². The van der Waals surface area contributed by atoms with Crippen LogP contribution < -0.4 is 0 Å². The lowest BCUT2D eigenvalue weighted by atomic mass is 9.77. The lowest BCUT2D eigenvalue weighted by Crippen LogP contribution is -2.37. The second kappa shape index (κ2) is 5.80. The standard InChI is InChI=1S/C16H25BrN2O/c1-3-13-9-14(19(4-2)18-13)10-16(11-17)7-8-20-15(16)12-5-6-12/h9,12,15H,3-8,10-11H2,1-2H3. The smallest absolute Gasteiger partial charge is 0.0672 e. The van der Waals surface area contributed by atoms with Crippen molar-refractivity contribution in [2.45, 2.75) is 58.6 Å². The summed E-state index contributed by atoms with van der Waals surface area (Å²) in [7, 11) is 0. The van der Waals surface area contributed by atoms with E-state index in [4.69, 9.17) is 9.84 Å². The van der Waals surface area contributed by atoms with Crippen LogP contribution >= 0.6 is 15.9 Å². The monoisotopic (exact) mass is 340 g/mol. The number of ether oxygens (including phenoxy) is 1. The van der Waals surface area contributed by atoms with Gasteiger partial charge in [-0.3, -0.25) is 4.68 Å². The van der Waals surface area contributed by atoms with Crippen molar-refractivity contribution in [1.82, 2.24) is 9.78 Å². The summed E-state index contributed by atoms with van der Waals surface area (Å²) < 4.78 is 8.29. The van der Waals surface area contributed by atoms with Gasteiger partial charge in [0.25, 0.3) is 0 Å². The zero-order valence-corrected chi connectivity index (χ0v) is 14.2. The van der Waals surface area contributed by atoms with Crippen LogP contribution in [0.4, 0.5) is 0 Å². The average Bonchev–Trinajstić information content (AvgIpc) is 3.11. The first-order valence-electron chi connectivity index (χ1n) is 7.95. The average molecular weight is 341 g/mol. The maximum absolute atomic E-state index is 6.10. The van der Waals surface area contributed by atoms with Gasteiger partial charge in [0.05, 0.1) is 11.8 Å². The van der Waals surface area contributed by atoms with Gasteiger partial charge in [-0.2, -0.15) is 5.10 Å². The number of hydrogen-bond acceptors (Lipinski definition) is 2. The number of rotatable bonds is 6. The summed E-state index contributed by atoms with van der Waals surface area (Å²) in [5.74, 6) is 0.804. The third-order valence-electron chi connectivity index (χ3n) is 4.93. The number of aromatic nitrogens is 2. The molecule has 1 aromatic heterocycles. The van der Waals surface area contributed by atoms with Gasteiger partial charge in [-0.05, 0) is 51.0 Å². The SMILES string of the molecule is CCc1cc(CC2(CBr)CCOC2C2CC2)n(CC)n1. The van der Waals surface area contributed by atoms with Crippen LogP contribution in [0.25, 0.3) is 0 Å². The fraction of sp³-hybridized carbons (Fsp3) is 0.812. The molecule has 0 amide bonds. The Kier molecular flexibility index (Phi) is 4.23. The number of nitrogens with zero attached hydrogens (tertiary/aromatic N) is 2. The van der Waals surface area contributed by atoms with E-state index in [0.29, 0.717) is 6.10 Å². The Morgan fingerprint density at radius 2 is 2.25 bits per heavy atom. The molecule has 3 rings (SSSR count). The van der Waals surface area contributed by atoms with Gasteiger partial charge >= 0.3 is 0 Å². The molecule has 0 radical (unpaired) electrons. The van der Waals surface area contributed by atoms with Crippen LogP contribution in [-0.2, 0) is 24.1 Å². The van der Waals surface area contributed by atoms with Crippen molar-refractivity contribution < 1.29 is 4.74 Å². The van der Waals surface area contributed by atoms with Crippen molar-refractivity contribution in [3.63, 3.8) is 0 Å². The molecule has 0 N–H and O–H groups in total. The van der Waals surface area contributed by atoms with E-state index in [-0.39, 0.29) is 5.41 Å². The van der Waals surface area contributed by atoms with E-state index in [0.717, 1.165) is 37.2 Å². The van der Waals surface area contributed by atoms with E-state index in [2.05, 4.69) is 40.5 Å². The normalized spacial score (nSPS) is 30.1. The molecule has 0 bridgehead atoms. The van der Waals surface area contributed by atoms with Crippen LogP contribution in [0.15, 0.2) is 6.07 Å². The summed E-state index contributed by atoms with van der Waals surface area (Å²) in [5.41, 5.74) is 2.88. The summed E-state index contributed by atoms with van der Waals surface area (Å²) in [6.45, 7) is 6.24. The Morgan fingerprint density at radius 1 is 1.45 bits per heavy atom. The summed E-state index contributed by atoms with van der Waals surface area (Å²) in [6.07, 6.45) is 6.45. The summed E-state index contributed by atoms with van der Waals surface area (Å²) in [5, 5.41) is 5.74. The predicted octanol–water partition coefficient (Wildman–Crippen LogP) is 3.59. The van der Waals surface area contributed by atoms with Crippen molar-refractivity contribution in [1.29, 1.82) is 0 Å². The molecule has 3 nitrogen and oxygen atoms in total. The fourth-order valence-electron chi connectivity index (χ4n) is 3.59. The number of aryl methyl sites for hydroxylation is 2. The van der Waals surface area contributed by atoms with Gasteiger partial charge in [0.1, 0.15) is 0 Å². The van der Waals surface area contributed by atoms with Crippen molar-refractivity contribution in [2.24, 2.45) is 11.3 Å². The molecule has 20 heavy (non-hydrogen) atoms. The van der Waals surface area contributed by atoms with Crippen LogP contribution in [0.3, 0.4) is 0 Å². The molecule has 2 atom stereocenters. The fourth-order valence-corrected chi connectivity index (χ4v) is 4.38. The first-order chi connectivity index (χ1) is 9.72. The molecule has 4 heteroatoms. The van der Waals surface area contributed by atoms with Gasteiger partial charge in [0.15, 0.2) is 0 Å². The van der Waals surface area contributed by atoms with Crippen LogP contribution in [0, 0.1) is 11.3 Å². The van der Waals surface area contributed by atoms with Gasteiger partial charge in [0.2, 0.25) is 0 Å². The summed E-state index contributed by atoms with van der Waals surface area (Å²) >= 11 is 3.79. The van der Waals surface area contributed by atoms with Gasteiger partial charge in [-0.25, -0.2) is 0 Å². The molecule has 2 unspecified atom stereocenters. The maximum Gasteiger partial charge on any atom is 0.0672 e. The molecular weight excluding hydrogens is 316 g/mol. The lowest BCUT2D eigenvalue weighted by Gasteiger charge is -2.32. The Balaban J connectivity index is 1.85. The van der Waals surface area contributed by atoms with E-state index in [9.17, 15) is 0 Å². The van der Waals surface area contributed by atoms with Crippen molar-refractivity contribution in [3.8, 4) is 0 Å². The predicted molar refractivity (Wildman–Crippen MR) is 84.3 cm³/mol. The third-order valence-corrected chi connectivity index (χ3v) is 6.04. The van der Waals surface area contributed by atoms with E-state index >= 15 is 0 Å². The van der Waals surface area contributed by atoms with E-state index in [1.54, 1.807) is 0 Å². The Labute approximate surface area is 130 Å². The molecule has 1 aromatic rings. The minimum absolute atomic E-state index is 0.277. The Morgan fingerprint density at radius 3 is 2.85 bits per heavy atom. The van der Waals surface area contributed by atoms with Crippen LogP contribution in [0.5, 0.6) is 0 Å². The molecule has 1 saturated heterocycles. The number of halogens is 1. The highest BCUT2D eigenvalue weighted by Crippen LogP contribution is 2.50. The minimum atomic E-state index is 0.277. The highest BCUT2D eigenvalue weighted by molar-refractivity contribution is 9.09. The molecule has 1 saturated carbocycles. The molecule has 0 aromatic carbocycles. The second-order valence-electron chi connectivity index (χ2n) is 6.35. The first-order valence-corrected chi connectivity index (χ1v) is 9.07. The molecule has 112 valence electrons. The number of alkyl halides is 1. The van der Waals surface area contributed by atoms with E-state index < -0.39 is 0 Å². The van der Waals surface area contributed by atoms with Gasteiger partial charge in [0, 0.05) is 29.6 Å². The molecule has 1 aliphatic carbocycles. The van der Waals surface area contributed by atoms with Gasteiger partial charge in [-0.15, -0.1) is 0 Å². The van der Waals surface area contributed by atoms with Crippen LogP contribution in [0.2, 0.25) is 0 Å².